The van der Waals surface area contributed by atoms with E-state index in [-0.39, 0.29) is 0 Å². The number of benzene rings is 5. The normalized spacial score (nSPS) is 12.6. The van der Waals surface area contributed by atoms with Gasteiger partial charge in [0.2, 0.25) is 0 Å². The second kappa shape index (κ2) is 10.4. The maximum absolute atomic E-state index is 6.23. The average molecular weight is 537 g/mol. The van der Waals surface area contributed by atoms with Crippen molar-refractivity contribution in [2.24, 2.45) is 0 Å². The van der Waals surface area contributed by atoms with Crippen LogP contribution in [-0.2, 0) is 0 Å². The van der Waals surface area contributed by atoms with E-state index in [1.807, 2.05) is 6.08 Å². The minimum Gasteiger partial charge on any atom is -0.490 e. The van der Waals surface area contributed by atoms with Crippen molar-refractivity contribution >= 4 is 13.3 Å². The molecule has 0 saturated heterocycles. The van der Waals surface area contributed by atoms with E-state index in [0.717, 1.165) is 5.75 Å². The van der Waals surface area contributed by atoms with E-state index in [1.54, 1.807) is 0 Å². The van der Waals surface area contributed by atoms with Crippen molar-refractivity contribution in [1.82, 2.24) is 0 Å². The maximum Gasteiger partial charge on any atom is 0.119 e. The van der Waals surface area contributed by atoms with Crippen LogP contribution in [0.3, 0.4) is 0 Å². The average Bonchev–Trinajstić information content (AvgIpc) is 3.30. The van der Waals surface area contributed by atoms with E-state index < -0.39 is 8.07 Å². The Kier molecular flexibility index (Phi) is 6.81. The third-order valence-corrected chi connectivity index (χ3v) is 12.3. The highest BCUT2D eigenvalue weighted by molar-refractivity contribution is 6.92. The lowest BCUT2D eigenvalue weighted by Gasteiger charge is -2.33. The van der Waals surface area contributed by atoms with Crippen molar-refractivity contribution in [3.05, 3.63) is 144 Å². The largest absolute Gasteiger partial charge is 0.490 e. The first kappa shape index (κ1) is 26.1. The van der Waals surface area contributed by atoms with Gasteiger partial charge in [0.05, 0.1) is 8.07 Å². The van der Waals surface area contributed by atoms with Crippen LogP contribution < -0.4 is 9.92 Å². The summed E-state index contributed by atoms with van der Waals surface area (Å²) in [6, 6.07) is 40.6. The van der Waals surface area contributed by atoms with Crippen molar-refractivity contribution < 1.29 is 4.74 Å². The molecular formula is C38H36OSi. The number of rotatable bonds is 7. The molecule has 0 radical (unpaired) electrons. The fourth-order valence-electron chi connectivity index (χ4n) is 6.32. The minimum absolute atomic E-state index is 0.293. The Hall–Kier alpha value is -4.14. The van der Waals surface area contributed by atoms with E-state index >= 15 is 0 Å². The molecule has 0 aliphatic heterocycles. The molecule has 5 aromatic carbocycles. The van der Waals surface area contributed by atoms with Gasteiger partial charge in [-0.25, -0.2) is 0 Å². The maximum atomic E-state index is 6.23. The van der Waals surface area contributed by atoms with Crippen molar-refractivity contribution in [3.8, 4) is 39.1 Å². The van der Waals surface area contributed by atoms with E-state index in [0.29, 0.717) is 12.1 Å². The predicted octanol–water partition coefficient (Wildman–Crippen LogP) is 9.47. The molecule has 0 unspecified atom stereocenters. The molecule has 0 saturated carbocycles. The van der Waals surface area contributed by atoms with Crippen LogP contribution in [0.2, 0.25) is 13.1 Å². The zero-order valence-electron chi connectivity index (χ0n) is 23.9. The topological polar surface area (TPSA) is 9.23 Å². The Morgan fingerprint density at radius 1 is 0.650 bits per heavy atom. The molecule has 0 amide bonds. The predicted molar refractivity (Wildman–Crippen MR) is 173 cm³/mol. The van der Waals surface area contributed by atoms with Gasteiger partial charge in [-0.05, 0) is 69.6 Å². The van der Waals surface area contributed by atoms with Crippen molar-refractivity contribution in [1.29, 1.82) is 0 Å². The number of ether oxygens (including phenoxy) is 1. The van der Waals surface area contributed by atoms with Gasteiger partial charge in [-0.15, -0.1) is 0 Å². The smallest absolute Gasteiger partial charge is 0.119 e. The standard InChI is InChI=1S/C38H36OSi/c1-6-23-39-36-9-7-8-10-37(36)40(4,5)38-34-24-30(28-15-11-26(2)12-16-28)19-21-32(34)33-22-20-31(25-35(33)38)29-17-13-27(3)14-18-29/h6-22,24-25,38H,1,23H2,2-5H3. The molecule has 0 fully saturated rings. The van der Waals surface area contributed by atoms with Crippen LogP contribution in [0.15, 0.2) is 122 Å². The molecule has 2 heteroatoms. The molecular weight excluding hydrogens is 501 g/mol. The number of fused-ring (bicyclic) bond motifs is 3. The van der Waals surface area contributed by atoms with Gasteiger partial charge in [-0.2, -0.15) is 0 Å². The molecule has 1 nitrogen and oxygen atoms in total. The summed E-state index contributed by atoms with van der Waals surface area (Å²) in [6.07, 6.45) is 1.83. The van der Waals surface area contributed by atoms with E-state index in [9.17, 15) is 0 Å². The van der Waals surface area contributed by atoms with Gasteiger partial charge in [-0.3, -0.25) is 0 Å². The number of hydrogen-bond donors (Lipinski definition) is 0. The second-order valence-electron chi connectivity index (χ2n) is 11.6. The van der Waals surface area contributed by atoms with E-state index in [1.165, 1.54) is 60.8 Å². The summed E-state index contributed by atoms with van der Waals surface area (Å²) in [6.45, 7) is 13.7. The van der Waals surface area contributed by atoms with Gasteiger partial charge in [0.1, 0.15) is 12.4 Å². The Balaban J connectivity index is 1.55. The molecule has 1 aliphatic rings. The summed E-state index contributed by atoms with van der Waals surface area (Å²) in [5.74, 6) is 0.985. The summed E-state index contributed by atoms with van der Waals surface area (Å²) >= 11 is 0. The Bertz CT molecular complexity index is 1600. The molecule has 198 valence electrons. The first-order chi connectivity index (χ1) is 19.4. The lowest BCUT2D eigenvalue weighted by atomic mass is 9.97. The molecule has 0 atom stereocenters. The van der Waals surface area contributed by atoms with Crippen LogP contribution in [0.5, 0.6) is 5.75 Å². The van der Waals surface area contributed by atoms with Crippen molar-refractivity contribution in [2.75, 3.05) is 6.61 Å². The molecule has 0 N–H and O–H groups in total. The highest BCUT2D eigenvalue weighted by atomic mass is 28.3. The van der Waals surface area contributed by atoms with Crippen LogP contribution in [0, 0.1) is 13.8 Å². The molecule has 5 aromatic rings. The van der Waals surface area contributed by atoms with Gasteiger partial charge in [0.15, 0.2) is 0 Å². The Morgan fingerprint density at radius 2 is 1.12 bits per heavy atom. The third-order valence-electron chi connectivity index (χ3n) is 8.44. The third kappa shape index (κ3) is 4.63. The molecule has 0 heterocycles. The molecule has 40 heavy (non-hydrogen) atoms. The fourth-order valence-corrected chi connectivity index (χ4v) is 9.98. The molecule has 6 rings (SSSR count). The quantitative estimate of drug-likeness (QED) is 0.149. The summed E-state index contributed by atoms with van der Waals surface area (Å²) < 4.78 is 6.23. The highest BCUT2D eigenvalue weighted by Crippen LogP contribution is 2.51. The van der Waals surface area contributed by atoms with Crippen LogP contribution in [-0.4, -0.2) is 14.7 Å². The molecule has 0 spiro atoms. The van der Waals surface area contributed by atoms with Gasteiger partial charge in [0.25, 0.3) is 0 Å². The first-order valence-electron chi connectivity index (χ1n) is 14.1. The summed E-state index contributed by atoms with van der Waals surface area (Å²) in [4.78, 5) is 0. The zero-order chi connectivity index (χ0) is 27.9. The molecule has 0 aromatic heterocycles. The van der Waals surface area contributed by atoms with Crippen LogP contribution in [0.1, 0.15) is 27.8 Å². The van der Waals surface area contributed by atoms with E-state index in [4.69, 9.17) is 4.74 Å². The zero-order valence-corrected chi connectivity index (χ0v) is 24.9. The van der Waals surface area contributed by atoms with Gasteiger partial charge >= 0.3 is 0 Å². The van der Waals surface area contributed by atoms with Gasteiger partial charge in [-0.1, -0.05) is 140 Å². The molecule has 0 bridgehead atoms. The van der Waals surface area contributed by atoms with Crippen LogP contribution in [0.4, 0.5) is 0 Å². The minimum atomic E-state index is -2.17. The van der Waals surface area contributed by atoms with Crippen molar-refractivity contribution in [3.63, 3.8) is 0 Å². The summed E-state index contributed by atoms with van der Waals surface area (Å²) in [5, 5.41) is 1.35. The fraction of sp³-hybridized carbons (Fsp3) is 0.158. The monoisotopic (exact) mass is 536 g/mol. The lowest BCUT2D eigenvalue weighted by Crippen LogP contribution is -2.48. The van der Waals surface area contributed by atoms with Gasteiger partial charge in [0, 0.05) is 5.54 Å². The summed E-state index contributed by atoms with van der Waals surface area (Å²) in [5.41, 5.74) is 13.5. The van der Waals surface area contributed by atoms with Crippen LogP contribution in [0.25, 0.3) is 33.4 Å². The highest BCUT2D eigenvalue weighted by Gasteiger charge is 2.43. The lowest BCUT2D eigenvalue weighted by molar-refractivity contribution is 0.366. The second-order valence-corrected chi connectivity index (χ2v) is 16.1. The Morgan fingerprint density at radius 3 is 1.62 bits per heavy atom. The van der Waals surface area contributed by atoms with Crippen molar-refractivity contribution in [2.45, 2.75) is 32.5 Å². The SMILES string of the molecule is C=CCOc1ccccc1[Si](C)(C)C1c2cc(-c3ccc(C)cc3)ccc2-c2ccc(-c3ccc(C)cc3)cc21. The van der Waals surface area contributed by atoms with Gasteiger partial charge < -0.3 is 4.74 Å². The number of para-hydroxylation sites is 1. The van der Waals surface area contributed by atoms with E-state index in [2.05, 4.69) is 143 Å². The number of hydrogen-bond acceptors (Lipinski definition) is 1. The molecule has 1 aliphatic carbocycles. The van der Waals surface area contributed by atoms with Crippen LogP contribution >= 0.6 is 0 Å². The first-order valence-corrected chi connectivity index (χ1v) is 17.2. The number of aryl methyl sites for hydroxylation is 2. The Labute approximate surface area is 239 Å². The summed E-state index contributed by atoms with van der Waals surface area (Å²) in [7, 11) is -2.17.